The Labute approximate surface area is 162 Å². The zero-order chi connectivity index (χ0) is 19.7. The fraction of sp³-hybridized carbons (Fsp3) is 0.238. The SMILES string of the molecule is COc1cccc(N(C)Cc2cc3n(n2)CCN(c2ccc(F)cc2)C3=O)c1. The van der Waals surface area contributed by atoms with Crippen molar-refractivity contribution in [3.05, 3.63) is 71.8 Å². The van der Waals surface area contributed by atoms with Gasteiger partial charge in [-0.25, -0.2) is 4.39 Å². The van der Waals surface area contributed by atoms with Gasteiger partial charge in [0.2, 0.25) is 0 Å². The largest absolute Gasteiger partial charge is 0.497 e. The highest BCUT2D eigenvalue weighted by Gasteiger charge is 2.27. The molecule has 1 amide bonds. The standard InChI is InChI=1S/C21H21FN4O2/c1-24(18-4-3-5-19(13-18)28-2)14-16-12-20-21(27)25(10-11-26(20)23-16)17-8-6-15(22)7-9-17/h3-9,12-13H,10-11,14H2,1-2H3. The Kier molecular flexibility index (Phi) is 4.73. The van der Waals surface area contributed by atoms with E-state index in [1.807, 2.05) is 37.4 Å². The lowest BCUT2D eigenvalue weighted by molar-refractivity contribution is 0.0962. The van der Waals surface area contributed by atoms with Crippen molar-refractivity contribution < 1.29 is 13.9 Å². The highest BCUT2D eigenvalue weighted by Crippen LogP contribution is 2.24. The Hall–Kier alpha value is -3.35. The maximum absolute atomic E-state index is 13.2. The number of carbonyl (C=O) groups excluding carboxylic acids is 1. The molecule has 1 aliphatic rings. The molecule has 3 aromatic rings. The van der Waals surface area contributed by atoms with Crippen molar-refractivity contribution in [3.63, 3.8) is 0 Å². The number of carbonyl (C=O) groups is 1. The van der Waals surface area contributed by atoms with Crippen molar-refractivity contribution in [2.75, 3.05) is 30.5 Å². The third-order valence-electron chi connectivity index (χ3n) is 4.86. The molecule has 0 saturated heterocycles. The second kappa shape index (κ2) is 7.34. The second-order valence-corrected chi connectivity index (χ2v) is 6.73. The van der Waals surface area contributed by atoms with Gasteiger partial charge in [-0.1, -0.05) is 6.07 Å². The maximum atomic E-state index is 13.2. The summed E-state index contributed by atoms with van der Waals surface area (Å²) in [4.78, 5) is 16.6. The number of anilines is 2. The Morgan fingerprint density at radius 1 is 1.14 bits per heavy atom. The van der Waals surface area contributed by atoms with E-state index in [-0.39, 0.29) is 11.7 Å². The van der Waals surface area contributed by atoms with Crippen molar-refractivity contribution in [3.8, 4) is 5.75 Å². The molecule has 2 aromatic carbocycles. The molecule has 0 fully saturated rings. The summed E-state index contributed by atoms with van der Waals surface area (Å²) in [6.07, 6.45) is 0. The number of rotatable bonds is 5. The molecule has 144 valence electrons. The van der Waals surface area contributed by atoms with Crippen LogP contribution in [0.2, 0.25) is 0 Å². The van der Waals surface area contributed by atoms with E-state index >= 15 is 0 Å². The Morgan fingerprint density at radius 2 is 1.93 bits per heavy atom. The number of methoxy groups -OCH3 is 1. The summed E-state index contributed by atoms with van der Waals surface area (Å²) in [6.45, 7) is 1.67. The van der Waals surface area contributed by atoms with Crippen LogP contribution in [0.3, 0.4) is 0 Å². The monoisotopic (exact) mass is 380 g/mol. The van der Waals surface area contributed by atoms with Gasteiger partial charge in [0.1, 0.15) is 17.3 Å². The number of halogens is 1. The van der Waals surface area contributed by atoms with Crippen LogP contribution in [-0.2, 0) is 13.1 Å². The van der Waals surface area contributed by atoms with Gasteiger partial charge >= 0.3 is 0 Å². The van der Waals surface area contributed by atoms with E-state index in [2.05, 4.69) is 10.00 Å². The van der Waals surface area contributed by atoms with Crippen molar-refractivity contribution in [1.82, 2.24) is 9.78 Å². The summed E-state index contributed by atoms with van der Waals surface area (Å²) in [5.74, 6) is 0.348. The van der Waals surface area contributed by atoms with Crippen LogP contribution in [0.15, 0.2) is 54.6 Å². The molecule has 2 heterocycles. The van der Waals surface area contributed by atoms with Crippen molar-refractivity contribution >= 4 is 17.3 Å². The molecule has 0 N–H and O–H groups in total. The van der Waals surface area contributed by atoms with Gasteiger partial charge in [-0.3, -0.25) is 9.48 Å². The first kappa shape index (κ1) is 18.0. The van der Waals surface area contributed by atoms with Gasteiger partial charge in [-0.05, 0) is 42.5 Å². The zero-order valence-corrected chi connectivity index (χ0v) is 15.8. The van der Waals surface area contributed by atoms with Gasteiger partial charge in [0.25, 0.3) is 5.91 Å². The van der Waals surface area contributed by atoms with E-state index < -0.39 is 0 Å². The normalized spacial score (nSPS) is 13.4. The quantitative estimate of drug-likeness (QED) is 0.681. The number of hydrogen-bond acceptors (Lipinski definition) is 4. The molecule has 4 rings (SSSR count). The Balaban J connectivity index is 1.53. The highest BCUT2D eigenvalue weighted by atomic mass is 19.1. The first-order valence-electron chi connectivity index (χ1n) is 9.04. The van der Waals surface area contributed by atoms with E-state index in [0.29, 0.717) is 31.0 Å². The zero-order valence-electron chi connectivity index (χ0n) is 15.8. The van der Waals surface area contributed by atoms with Crippen molar-refractivity contribution in [2.24, 2.45) is 0 Å². The summed E-state index contributed by atoms with van der Waals surface area (Å²) < 4.78 is 20.2. The Morgan fingerprint density at radius 3 is 2.68 bits per heavy atom. The van der Waals surface area contributed by atoms with Crippen molar-refractivity contribution in [1.29, 1.82) is 0 Å². The van der Waals surface area contributed by atoms with Crippen LogP contribution in [0.4, 0.5) is 15.8 Å². The van der Waals surface area contributed by atoms with Crippen LogP contribution in [-0.4, -0.2) is 36.4 Å². The van der Waals surface area contributed by atoms with Crippen LogP contribution in [0.25, 0.3) is 0 Å². The minimum Gasteiger partial charge on any atom is -0.497 e. The van der Waals surface area contributed by atoms with Crippen LogP contribution >= 0.6 is 0 Å². The number of amides is 1. The topological polar surface area (TPSA) is 50.6 Å². The van der Waals surface area contributed by atoms with E-state index in [1.54, 1.807) is 28.8 Å². The van der Waals surface area contributed by atoms with Crippen LogP contribution in [0, 0.1) is 5.82 Å². The molecule has 0 radical (unpaired) electrons. The molecule has 0 spiro atoms. The first-order valence-corrected chi connectivity index (χ1v) is 9.04. The maximum Gasteiger partial charge on any atom is 0.276 e. The molecule has 7 heteroatoms. The average molecular weight is 380 g/mol. The smallest absolute Gasteiger partial charge is 0.276 e. The fourth-order valence-corrected chi connectivity index (χ4v) is 3.37. The summed E-state index contributed by atoms with van der Waals surface area (Å²) >= 11 is 0. The molecule has 0 saturated carbocycles. The van der Waals surface area contributed by atoms with Crippen LogP contribution in [0.1, 0.15) is 16.2 Å². The summed E-state index contributed by atoms with van der Waals surface area (Å²) in [6, 6.07) is 15.6. The first-order chi connectivity index (χ1) is 13.5. The third-order valence-corrected chi connectivity index (χ3v) is 4.86. The lowest BCUT2D eigenvalue weighted by Crippen LogP contribution is -2.40. The molecule has 0 atom stereocenters. The minimum atomic E-state index is -0.318. The molecule has 1 aliphatic heterocycles. The molecule has 0 bridgehead atoms. The molecule has 6 nitrogen and oxygen atoms in total. The third kappa shape index (κ3) is 3.43. The van der Waals surface area contributed by atoms with Gasteiger partial charge < -0.3 is 14.5 Å². The number of aromatic nitrogens is 2. The molecule has 0 unspecified atom stereocenters. The van der Waals surface area contributed by atoms with Crippen LogP contribution in [0.5, 0.6) is 5.75 Å². The molecule has 28 heavy (non-hydrogen) atoms. The average Bonchev–Trinajstić information content (AvgIpc) is 3.12. The predicted molar refractivity (Wildman–Crippen MR) is 105 cm³/mol. The molecular weight excluding hydrogens is 359 g/mol. The van der Waals surface area contributed by atoms with E-state index in [4.69, 9.17) is 4.74 Å². The number of fused-ring (bicyclic) bond motifs is 1. The van der Waals surface area contributed by atoms with Gasteiger partial charge in [0.15, 0.2) is 0 Å². The van der Waals surface area contributed by atoms with Gasteiger partial charge in [0, 0.05) is 31.0 Å². The van der Waals surface area contributed by atoms with E-state index in [1.165, 1.54) is 12.1 Å². The second-order valence-electron chi connectivity index (χ2n) is 6.73. The van der Waals surface area contributed by atoms with Gasteiger partial charge in [-0.15, -0.1) is 0 Å². The van der Waals surface area contributed by atoms with E-state index in [9.17, 15) is 9.18 Å². The lowest BCUT2D eigenvalue weighted by atomic mass is 10.2. The summed E-state index contributed by atoms with van der Waals surface area (Å²) in [7, 11) is 3.61. The van der Waals surface area contributed by atoms with Gasteiger partial charge in [-0.2, -0.15) is 5.10 Å². The molecular formula is C21H21FN4O2. The molecule has 0 aliphatic carbocycles. The van der Waals surface area contributed by atoms with Crippen LogP contribution < -0.4 is 14.5 Å². The minimum absolute atomic E-state index is 0.124. The number of hydrogen-bond donors (Lipinski definition) is 0. The summed E-state index contributed by atoms with van der Waals surface area (Å²) in [5.41, 5.74) is 3.05. The number of benzene rings is 2. The van der Waals surface area contributed by atoms with Crippen molar-refractivity contribution in [2.45, 2.75) is 13.1 Å². The highest BCUT2D eigenvalue weighted by molar-refractivity contribution is 6.05. The lowest BCUT2D eigenvalue weighted by Gasteiger charge is -2.27. The number of nitrogens with zero attached hydrogens (tertiary/aromatic N) is 4. The van der Waals surface area contributed by atoms with E-state index in [0.717, 1.165) is 17.1 Å². The predicted octanol–water partition coefficient (Wildman–Crippen LogP) is 3.33. The molecule has 1 aromatic heterocycles. The fourth-order valence-electron chi connectivity index (χ4n) is 3.37. The van der Waals surface area contributed by atoms with Gasteiger partial charge in [0.05, 0.1) is 25.9 Å². The Bertz CT molecular complexity index is 1000. The number of ether oxygens (including phenoxy) is 1. The summed E-state index contributed by atoms with van der Waals surface area (Å²) in [5, 5.41) is 4.59.